The molecule has 250 valence electrons. The molecule has 6 unspecified atom stereocenters. The lowest BCUT2D eigenvalue weighted by Gasteiger charge is -2.45. The molecular weight excluding hydrogens is 566 g/mol. The van der Waals surface area contributed by atoms with E-state index in [0.717, 1.165) is 44.6 Å². The molecule has 10 nitrogen and oxygen atoms in total. The zero-order valence-electron chi connectivity index (χ0n) is 27.0. The fourth-order valence-corrected chi connectivity index (χ4v) is 7.32. The van der Waals surface area contributed by atoms with Crippen molar-refractivity contribution < 1.29 is 18.4 Å². The van der Waals surface area contributed by atoms with Crippen LogP contribution in [0, 0.1) is 11.8 Å². The maximum atomic E-state index is 15.6. The Morgan fingerprint density at radius 2 is 1.75 bits per heavy atom. The van der Waals surface area contributed by atoms with Gasteiger partial charge in [-0.15, -0.1) is 0 Å². The smallest absolute Gasteiger partial charge is 0.228 e. The van der Waals surface area contributed by atoms with Gasteiger partial charge in [0.1, 0.15) is 12.3 Å². The number of nitrogens with zero attached hydrogens (tertiary/aromatic N) is 4. The van der Waals surface area contributed by atoms with Crippen molar-refractivity contribution in [1.82, 2.24) is 25.3 Å². The van der Waals surface area contributed by atoms with E-state index in [4.69, 9.17) is 11.5 Å². The van der Waals surface area contributed by atoms with Crippen molar-refractivity contribution in [1.29, 1.82) is 0 Å². The summed E-state index contributed by atoms with van der Waals surface area (Å²) in [6, 6.07) is -1.32. The van der Waals surface area contributed by atoms with E-state index in [2.05, 4.69) is 25.4 Å². The molecule has 4 heterocycles. The number of halogens is 2. The molecule has 0 radical (unpaired) electrons. The number of likely N-dealkylation sites (tertiary alicyclic amines) is 3. The number of piperidine rings is 2. The second kappa shape index (κ2) is 16.5. The lowest BCUT2D eigenvalue weighted by atomic mass is 9.89. The van der Waals surface area contributed by atoms with Crippen LogP contribution >= 0.6 is 0 Å². The molecule has 4 aliphatic heterocycles. The first-order valence-electron chi connectivity index (χ1n) is 16.9. The van der Waals surface area contributed by atoms with Crippen LogP contribution in [0.3, 0.4) is 0 Å². The number of allylic oxidation sites excluding steroid dienone is 1. The molecule has 0 aromatic rings. The standard InChI is InChI=1S/C32H56F2N8O2/c1-4-21(3)16-26(38-17-23(33)5-2)28(30(35)36)31(43)39-27-19-37-18-25(34)29(27)41-13-8-22(9-14-41)32(44)42-15-10-24(20-42)40-11-6-7-12-40/h16-17,22-30,37H,4-15,18-20,35-36H2,1-3H3,(H,39,43)/b21-16-,38-17?/t23?,24-,25?,26?,27?,28?,29?/m0/s1. The van der Waals surface area contributed by atoms with Gasteiger partial charge in [0.15, 0.2) is 0 Å². The average molecular weight is 623 g/mol. The monoisotopic (exact) mass is 622 g/mol. The molecule has 4 rings (SSSR count). The summed E-state index contributed by atoms with van der Waals surface area (Å²) in [6.45, 7) is 11.3. The third-order valence-corrected chi connectivity index (χ3v) is 10.2. The van der Waals surface area contributed by atoms with Crippen molar-refractivity contribution >= 4 is 18.0 Å². The van der Waals surface area contributed by atoms with E-state index in [1.165, 1.54) is 19.1 Å². The Morgan fingerprint density at radius 3 is 2.39 bits per heavy atom. The lowest BCUT2D eigenvalue weighted by Crippen LogP contribution is -2.67. The van der Waals surface area contributed by atoms with Crippen LogP contribution in [0.2, 0.25) is 0 Å². The summed E-state index contributed by atoms with van der Waals surface area (Å²) in [6.07, 6.45) is 5.46. The highest BCUT2D eigenvalue weighted by Crippen LogP contribution is 2.28. The second-order valence-corrected chi connectivity index (χ2v) is 13.2. The van der Waals surface area contributed by atoms with Crippen LogP contribution in [0.25, 0.3) is 0 Å². The van der Waals surface area contributed by atoms with Crippen LogP contribution in [-0.4, -0.2) is 128 Å². The van der Waals surface area contributed by atoms with Gasteiger partial charge in [-0.25, -0.2) is 8.78 Å². The molecule has 0 bridgehead atoms. The summed E-state index contributed by atoms with van der Waals surface area (Å²) < 4.78 is 29.6. The summed E-state index contributed by atoms with van der Waals surface area (Å²) in [5, 5.41) is 6.14. The Kier molecular flexibility index (Phi) is 13.1. The van der Waals surface area contributed by atoms with Crippen molar-refractivity contribution in [2.24, 2.45) is 28.3 Å². The second-order valence-electron chi connectivity index (χ2n) is 13.2. The Balaban J connectivity index is 1.39. The van der Waals surface area contributed by atoms with Gasteiger partial charge in [0.25, 0.3) is 0 Å². The van der Waals surface area contributed by atoms with Gasteiger partial charge in [0, 0.05) is 44.4 Å². The molecule has 0 saturated carbocycles. The number of nitrogens with two attached hydrogens (primary N) is 2. The van der Waals surface area contributed by atoms with Crippen LogP contribution < -0.4 is 22.1 Å². The maximum absolute atomic E-state index is 15.6. The molecule has 44 heavy (non-hydrogen) atoms. The minimum atomic E-state index is -1.24. The Hall–Kier alpha value is -1.99. The largest absolute Gasteiger partial charge is 0.350 e. The molecule has 4 saturated heterocycles. The predicted molar refractivity (Wildman–Crippen MR) is 171 cm³/mol. The highest BCUT2D eigenvalue weighted by atomic mass is 19.1. The van der Waals surface area contributed by atoms with Crippen LogP contribution in [0.4, 0.5) is 8.78 Å². The fraction of sp³-hybridized carbons (Fsp3) is 0.844. The minimum absolute atomic E-state index is 0.0503. The summed E-state index contributed by atoms with van der Waals surface area (Å²) in [5.41, 5.74) is 13.2. The van der Waals surface area contributed by atoms with Crippen molar-refractivity contribution in [3.8, 4) is 0 Å². The number of nitrogens with one attached hydrogen (secondary N) is 2. The molecule has 0 aromatic carbocycles. The van der Waals surface area contributed by atoms with Gasteiger partial charge in [-0.2, -0.15) is 0 Å². The van der Waals surface area contributed by atoms with Gasteiger partial charge in [-0.05, 0) is 78.0 Å². The molecule has 2 amide bonds. The minimum Gasteiger partial charge on any atom is -0.350 e. The maximum Gasteiger partial charge on any atom is 0.228 e. The molecule has 4 fully saturated rings. The van der Waals surface area contributed by atoms with Crippen LogP contribution in [0.15, 0.2) is 16.6 Å². The number of aliphatic imine (C=N–C) groups is 1. The number of carbonyl (C=O) groups is 2. The topological polar surface area (TPSA) is 132 Å². The molecule has 0 aliphatic carbocycles. The zero-order chi connectivity index (χ0) is 31.8. The molecule has 0 aromatic heterocycles. The third kappa shape index (κ3) is 8.84. The Bertz CT molecular complexity index is 999. The molecule has 4 aliphatic rings. The molecule has 7 atom stereocenters. The first-order valence-corrected chi connectivity index (χ1v) is 16.9. The van der Waals surface area contributed by atoms with E-state index in [1.807, 2.05) is 24.8 Å². The summed E-state index contributed by atoms with van der Waals surface area (Å²) in [4.78, 5) is 38.2. The number of hydrogen-bond acceptors (Lipinski definition) is 8. The summed E-state index contributed by atoms with van der Waals surface area (Å²) >= 11 is 0. The predicted octanol–water partition coefficient (Wildman–Crippen LogP) is 1.59. The third-order valence-electron chi connectivity index (χ3n) is 10.2. The van der Waals surface area contributed by atoms with Crippen LogP contribution in [0.1, 0.15) is 65.7 Å². The molecule has 0 spiro atoms. The Labute approximate surface area is 262 Å². The van der Waals surface area contributed by atoms with Gasteiger partial charge < -0.3 is 27.0 Å². The molecular formula is C32H56F2N8O2. The van der Waals surface area contributed by atoms with Crippen LogP contribution in [0.5, 0.6) is 0 Å². The molecule has 6 N–H and O–H groups in total. The van der Waals surface area contributed by atoms with Gasteiger partial charge in [-0.1, -0.05) is 25.5 Å². The average Bonchev–Trinajstić information content (AvgIpc) is 3.72. The number of amides is 2. The summed E-state index contributed by atoms with van der Waals surface area (Å²) in [5.74, 6) is -1.19. The number of rotatable bonds is 12. The van der Waals surface area contributed by atoms with Crippen LogP contribution in [-0.2, 0) is 9.59 Å². The number of hydrogen-bond donors (Lipinski definition) is 4. The molecule has 12 heteroatoms. The van der Waals surface area contributed by atoms with E-state index in [-0.39, 0.29) is 24.8 Å². The van der Waals surface area contributed by atoms with Gasteiger partial charge >= 0.3 is 0 Å². The van der Waals surface area contributed by atoms with Crippen molar-refractivity contribution in [2.45, 2.75) is 108 Å². The van der Waals surface area contributed by atoms with Gasteiger partial charge in [0.05, 0.1) is 30.2 Å². The van der Waals surface area contributed by atoms with Gasteiger partial charge in [0.2, 0.25) is 11.8 Å². The highest BCUT2D eigenvalue weighted by molar-refractivity contribution is 5.81. The number of carbonyl (C=O) groups excluding carboxylic acids is 2. The van der Waals surface area contributed by atoms with Crippen molar-refractivity contribution in [3.63, 3.8) is 0 Å². The first-order chi connectivity index (χ1) is 21.1. The van der Waals surface area contributed by atoms with Crippen molar-refractivity contribution in [2.75, 3.05) is 52.4 Å². The normalized spacial score (nSPS) is 30.3. The van der Waals surface area contributed by atoms with E-state index in [0.29, 0.717) is 38.5 Å². The SMILES string of the molecule is CC/C(C)=C\C(N=CC(F)CC)C(C(=O)NC1CNCC(F)C1N1CCC(C(=O)N2CC[C@H](N3CCCC3)C2)CC1)C(N)N. The van der Waals surface area contributed by atoms with Crippen molar-refractivity contribution in [3.05, 3.63) is 11.6 Å². The van der Waals surface area contributed by atoms with E-state index < -0.39 is 48.5 Å². The zero-order valence-corrected chi connectivity index (χ0v) is 27.0. The quantitative estimate of drug-likeness (QED) is 0.148. The number of alkyl halides is 2. The Morgan fingerprint density at radius 1 is 1.05 bits per heavy atom. The lowest BCUT2D eigenvalue weighted by molar-refractivity contribution is -0.136. The highest BCUT2D eigenvalue weighted by Gasteiger charge is 2.43. The van der Waals surface area contributed by atoms with Gasteiger partial charge in [-0.3, -0.25) is 24.4 Å². The first kappa shape index (κ1) is 34.9. The fourth-order valence-electron chi connectivity index (χ4n) is 7.32. The van der Waals surface area contributed by atoms with E-state index >= 15 is 4.39 Å². The van der Waals surface area contributed by atoms with E-state index in [1.54, 1.807) is 6.92 Å². The summed E-state index contributed by atoms with van der Waals surface area (Å²) in [7, 11) is 0. The van der Waals surface area contributed by atoms with E-state index in [9.17, 15) is 14.0 Å².